The summed E-state index contributed by atoms with van der Waals surface area (Å²) in [6, 6.07) is 3.29. The van der Waals surface area contributed by atoms with E-state index < -0.39 is 17.8 Å². The number of anilines is 1. The van der Waals surface area contributed by atoms with Gasteiger partial charge in [-0.15, -0.1) is 0 Å². The fourth-order valence-corrected chi connectivity index (χ4v) is 2.65. The molecule has 1 fully saturated rings. The van der Waals surface area contributed by atoms with Crippen LogP contribution in [-0.2, 0) is 6.18 Å². The summed E-state index contributed by atoms with van der Waals surface area (Å²) in [5, 5.41) is 12.7. The number of hydrogen-bond donors (Lipinski definition) is 2. The van der Waals surface area contributed by atoms with Crippen molar-refractivity contribution in [2.24, 2.45) is 0 Å². The monoisotopic (exact) mass is 322 g/mol. The lowest BCUT2D eigenvalue weighted by Crippen LogP contribution is -2.34. The summed E-state index contributed by atoms with van der Waals surface area (Å²) in [6.45, 7) is 2.65. The van der Waals surface area contributed by atoms with Crippen LogP contribution in [0.2, 0.25) is 5.02 Å². The normalized spacial score (nSPS) is 18.0. The van der Waals surface area contributed by atoms with E-state index in [1.54, 1.807) is 0 Å². The Morgan fingerprint density at radius 1 is 1.24 bits per heavy atom. The van der Waals surface area contributed by atoms with Crippen molar-refractivity contribution in [1.29, 1.82) is 0 Å². The van der Waals surface area contributed by atoms with Gasteiger partial charge in [0.2, 0.25) is 0 Å². The second-order valence-electron chi connectivity index (χ2n) is 5.27. The van der Waals surface area contributed by atoms with Gasteiger partial charge in [-0.05, 0) is 44.1 Å². The SMILES string of the molecule is OC(CNc1cc(Cl)cc(C(F)(F)F)c1)CN1CCCC1. The zero-order valence-corrected chi connectivity index (χ0v) is 12.2. The molecule has 3 nitrogen and oxygen atoms in total. The van der Waals surface area contributed by atoms with Crippen molar-refractivity contribution in [2.45, 2.75) is 25.1 Å². The van der Waals surface area contributed by atoms with Crippen LogP contribution >= 0.6 is 11.6 Å². The Balaban J connectivity index is 1.91. The second kappa shape index (κ2) is 6.85. The average Bonchev–Trinajstić information content (AvgIpc) is 2.87. The number of aliphatic hydroxyl groups excluding tert-OH is 1. The first kappa shape index (κ1) is 16.4. The molecule has 1 unspecified atom stereocenters. The quantitative estimate of drug-likeness (QED) is 0.873. The van der Waals surface area contributed by atoms with Crippen LogP contribution in [-0.4, -0.2) is 42.3 Å². The van der Waals surface area contributed by atoms with E-state index in [1.165, 1.54) is 6.07 Å². The van der Waals surface area contributed by atoms with Gasteiger partial charge in [-0.1, -0.05) is 11.6 Å². The molecule has 0 aromatic heterocycles. The number of benzene rings is 1. The third-order valence-corrected chi connectivity index (χ3v) is 3.65. The van der Waals surface area contributed by atoms with Crippen LogP contribution in [0.25, 0.3) is 0 Å². The first-order chi connectivity index (χ1) is 9.84. The summed E-state index contributed by atoms with van der Waals surface area (Å²) in [4.78, 5) is 2.14. The fourth-order valence-electron chi connectivity index (χ4n) is 2.42. The smallest absolute Gasteiger partial charge is 0.390 e. The molecule has 0 aliphatic carbocycles. The Labute approximate surface area is 126 Å². The number of β-amino-alcohol motifs (C(OH)–C–C–N with tert-alkyl or cyclic N) is 1. The first-order valence-corrected chi connectivity index (χ1v) is 7.24. The van der Waals surface area contributed by atoms with Crippen LogP contribution in [0, 0.1) is 0 Å². The number of hydrogen-bond acceptors (Lipinski definition) is 3. The maximum atomic E-state index is 12.7. The Hall–Kier alpha value is -0.980. The summed E-state index contributed by atoms with van der Waals surface area (Å²) in [7, 11) is 0. The Morgan fingerprint density at radius 3 is 2.52 bits per heavy atom. The van der Waals surface area contributed by atoms with E-state index in [-0.39, 0.29) is 17.3 Å². The van der Waals surface area contributed by atoms with E-state index in [0.29, 0.717) is 6.54 Å². The van der Waals surface area contributed by atoms with Gasteiger partial charge in [0, 0.05) is 23.8 Å². The first-order valence-electron chi connectivity index (χ1n) is 6.86. The molecule has 1 aromatic rings. The van der Waals surface area contributed by atoms with Gasteiger partial charge in [0.1, 0.15) is 0 Å². The van der Waals surface area contributed by atoms with Crippen LogP contribution < -0.4 is 5.32 Å². The number of alkyl halides is 3. The summed E-state index contributed by atoms with van der Waals surface area (Å²) in [5.41, 5.74) is -0.540. The van der Waals surface area contributed by atoms with E-state index in [4.69, 9.17) is 11.6 Å². The summed E-state index contributed by atoms with van der Waals surface area (Å²) < 4.78 is 38.0. The highest BCUT2D eigenvalue weighted by Crippen LogP contribution is 2.33. The molecule has 1 saturated heterocycles. The Morgan fingerprint density at radius 2 is 1.90 bits per heavy atom. The van der Waals surface area contributed by atoms with Crippen molar-refractivity contribution in [3.05, 3.63) is 28.8 Å². The standard InChI is InChI=1S/C14H18ClF3N2O/c15-11-5-10(14(16,17)18)6-12(7-11)19-8-13(21)9-20-3-1-2-4-20/h5-7,13,19,21H,1-4,8-9H2. The molecule has 2 rings (SSSR count). The molecule has 1 atom stereocenters. The second-order valence-corrected chi connectivity index (χ2v) is 5.71. The molecule has 0 bridgehead atoms. The minimum Gasteiger partial charge on any atom is -0.390 e. The minimum absolute atomic E-state index is 0.0151. The molecule has 21 heavy (non-hydrogen) atoms. The molecule has 1 aromatic carbocycles. The van der Waals surface area contributed by atoms with E-state index in [0.717, 1.165) is 38.1 Å². The van der Waals surface area contributed by atoms with Crippen LogP contribution in [0.1, 0.15) is 18.4 Å². The Bertz CT molecular complexity index is 476. The van der Waals surface area contributed by atoms with Crippen molar-refractivity contribution in [1.82, 2.24) is 4.90 Å². The molecular formula is C14H18ClF3N2O. The molecule has 2 N–H and O–H groups in total. The van der Waals surface area contributed by atoms with Crippen molar-refractivity contribution >= 4 is 17.3 Å². The molecule has 1 aliphatic heterocycles. The van der Waals surface area contributed by atoms with Gasteiger partial charge < -0.3 is 15.3 Å². The highest BCUT2D eigenvalue weighted by Gasteiger charge is 2.31. The van der Waals surface area contributed by atoms with Gasteiger partial charge >= 0.3 is 6.18 Å². The van der Waals surface area contributed by atoms with Crippen LogP contribution in [0.3, 0.4) is 0 Å². The van der Waals surface area contributed by atoms with E-state index in [2.05, 4.69) is 10.2 Å². The minimum atomic E-state index is -4.44. The molecule has 7 heteroatoms. The summed E-state index contributed by atoms with van der Waals surface area (Å²) in [5.74, 6) is 0. The highest BCUT2D eigenvalue weighted by molar-refractivity contribution is 6.30. The van der Waals surface area contributed by atoms with Gasteiger partial charge in [0.25, 0.3) is 0 Å². The number of halogens is 4. The average molecular weight is 323 g/mol. The zero-order valence-electron chi connectivity index (χ0n) is 11.5. The highest BCUT2D eigenvalue weighted by atomic mass is 35.5. The van der Waals surface area contributed by atoms with Crippen LogP contribution in [0.15, 0.2) is 18.2 Å². The lowest BCUT2D eigenvalue weighted by atomic mass is 10.2. The van der Waals surface area contributed by atoms with E-state index in [9.17, 15) is 18.3 Å². The van der Waals surface area contributed by atoms with Crippen molar-refractivity contribution in [3.8, 4) is 0 Å². The Kier molecular flexibility index (Phi) is 5.35. The lowest BCUT2D eigenvalue weighted by molar-refractivity contribution is -0.137. The van der Waals surface area contributed by atoms with E-state index >= 15 is 0 Å². The number of rotatable bonds is 5. The van der Waals surface area contributed by atoms with Gasteiger partial charge in [-0.25, -0.2) is 0 Å². The van der Waals surface area contributed by atoms with Crippen LogP contribution in [0.5, 0.6) is 0 Å². The molecule has 1 aliphatic rings. The third kappa shape index (κ3) is 5.05. The predicted octanol–water partition coefficient (Wildman–Crippen LogP) is 3.23. The number of aliphatic hydroxyl groups is 1. The fraction of sp³-hybridized carbons (Fsp3) is 0.571. The molecule has 0 saturated carbocycles. The van der Waals surface area contributed by atoms with Crippen LogP contribution in [0.4, 0.5) is 18.9 Å². The van der Waals surface area contributed by atoms with E-state index in [1.807, 2.05) is 0 Å². The molecule has 0 radical (unpaired) electrons. The largest absolute Gasteiger partial charge is 0.416 e. The number of nitrogens with zero attached hydrogens (tertiary/aromatic N) is 1. The maximum absolute atomic E-state index is 12.7. The molecule has 0 spiro atoms. The molecule has 1 heterocycles. The summed E-state index contributed by atoms with van der Waals surface area (Å²) in [6.07, 6.45) is -2.81. The number of likely N-dealkylation sites (tertiary alicyclic amines) is 1. The van der Waals surface area contributed by atoms with Gasteiger partial charge in [0.05, 0.1) is 11.7 Å². The van der Waals surface area contributed by atoms with Crippen molar-refractivity contribution in [3.63, 3.8) is 0 Å². The topological polar surface area (TPSA) is 35.5 Å². The predicted molar refractivity (Wildman–Crippen MR) is 76.6 cm³/mol. The molecular weight excluding hydrogens is 305 g/mol. The van der Waals surface area contributed by atoms with Gasteiger partial charge in [-0.2, -0.15) is 13.2 Å². The summed E-state index contributed by atoms with van der Waals surface area (Å²) >= 11 is 5.70. The lowest BCUT2D eigenvalue weighted by Gasteiger charge is -2.20. The third-order valence-electron chi connectivity index (χ3n) is 3.43. The van der Waals surface area contributed by atoms with Crippen molar-refractivity contribution in [2.75, 3.05) is 31.5 Å². The van der Waals surface area contributed by atoms with Gasteiger partial charge in [0.15, 0.2) is 0 Å². The zero-order chi connectivity index (χ0) is 15.5. The maximum Gasteiger partial charge on any atom is 0.416 e. The molecule has 118 valence electrons. The molecule has 0 amide bonds. The number of nitrogens with one attached hydrogen (secondary N) is 1. The van der Waals surface area contributed by atoms with Crippen molar-refractivity contribution < 1.29 is 18.3 Å². The van der Waals surface area contributed by atoms with Gasteiger partial charge in [-0.3, -0.25) is 0 Å².